The third-order valence-electron chi connectivity index (χ3n) is 6.36. The van der Waals surface area contributed by atoms with Crippen LogP contribution in [0.5, 0.6) is 5.75 Å². The van der Waals surface area contributed by atoms with Gasteiger partial charge in [-0.25, -0.2) is 4.68 Å². The lowest BCUT2D eigenvalue weighted by Gasteiger charge is -2.19. The van der Waals surface area contributed by atoms with Crippen LogP contribution in [0.15, 0.2) is 60.8 Å². The number of carbonyl (C=O) groups excluding carboxylic acids is 2. The first-order valence-corrected chi connectivity index (χ1v) is 12.5. The number of hydrogen-bond donors (Lipinski definition) is 2. The number of halogens is 6. The molecular formula is C29H26F6N4O3. The lowest BCUT2D eigenvalue weighted by molar-refractivity contribution is -0.139. The Morgan fingerprint density at radius 3 is 2.21 bits per heavy atom. The molecule has 0 aliphatic carbocycles. The van der Waals surface area contributed by atoms with E-state index in [1.807, 2.05) is 0 Å². The molecule has 1 aromatic heterocycles. The third kappa shape index (κ3) is 6.34. The Hall–Kier alpha value is -4.55. The van der Waals surface area contributed by atoms with Crippen molar-refractivity contribution in [3.05, 3.63) is 83.0 Å². The fourth-order valence-electron chi connectivity index (χ4n) is 4.19. The molecule has 2 amide bonds. The van der Waals surface area contributed by atoms with E-state index >= 15 is 0 Å². The molecule has 0 saturated carbocycles. The highest BCUT2D eigenvalue weighted by Gasteiger charge is 2.36. The van der Waals surface area contributed by atoms with Gasteiger partial charge in [-0.15, -0.1) is 0 Å². The van der Waals surface area contributed by atoms with Crippen LogP contribution in [-0.4, -0.2) is 28.7 Å². The molecule has 0 aliphatic rings. The van der Waals surface area contributed by atoms with Crippen LogP contribution in [0.25, 0.3) is 16.6 Å². The summed E-state index contributed by atoms with van der Waals surface area (Å²) in [6.07, 6.45) is -8.27. The molecule has 3 aromatic carbocycles. The molecule has 1 heterocycles. The summed E-state index contributed by atoms with van der Waals surface area (Å²) in [5, 5.41) is 9.53. The van der Waals surface area contributed by atoms with Crippen LogP contribution in [-0.2, 0) is 23.7 Å². The van der Waals surface area contributed by atoms with Crippen LogP contribution in [0.3, 0.4) is 0 Å². The molecule has 0 atom stereocenters. The zero-order chi connectivity index (χ0) is 31.0. The monoisotopic (exact) mass is 592 g/mol. The molecule has 4 rings (SSSR count). The van der Waals surface area contributed by atoms with E-state index in [2.05, 4.69) is 15.7 Å². The quantitative estimate of drug-likeness (QED) is 0.237. The lowest BCUT2D eigenvalue weighted by Crippen LogP contribution is -2.34. The van der Waals surface area contributed by atoms with Gasteiger partial charge in [0.25, 0.3) is 5.91 Å². The molecule has 0 aliphatic heterocycles. The van der Waals surface area contributed by atoms with Crippen molar-refractivity contribution in [3.63, 3.8) is 0 Å². The highest BCUT2D eigenvalue weighted by Crippen LogP contribution is 2.38. The predicted molar refractivity (Wildman–Crippen MR) is 143 cm³/mol. The Morgan fingerprint density at radius 1 is 0.905 bits per heavy atom. The average Bonchev–Trinajstić information content (AvgIpc) is 3.34. The van der Waals surface area contributed by atoms with Gasteiger partial charge >= 0.3 is 12.4 Å². The van der Waals surface area contributed by atoms with E-state index in [0.717, 1.165) is 31.4 Å². The second kappa shape index (κ2) is 11.0. The topological polar surface area (TPSA) is 85.2 Å². The molecule has 0 radical (unpaired) electrons. The number of hydrogen-bond acceptors (Lipinski definition) is 4. The van der Waals surface area contributed by atoms with Gasteiger partial charge in [0.2, 0.25) is 5.91 Å². The second-order valence-corrected chi connectivity index (χ2v) is 10.4. The minimum atomic E-state index is -4.85. The first-order chi connectivity index (χ1) is 19.5. The van der Waals surface area contributed by atoms with Gasteiger partial charge in [-0.3, -0.25) is 9.59 Å². The Balaban J connectivity index is 1.69. The summed E-state index contributed by atoms with van der Waals surface area (Å²) in [6.45, 7) is 4.94. The van der Waals surface area contributed by atoms with Crippen molar-refractivity contribution in [2.75, 3.05) is 12.4 Å². The SMILES string of the molecule is COc1ccc(-n2ncc3c(NC(=O)c4cc(CNC(=O)C(C)(C)C)ccc4C(F)(F)F)cccc32)cc1C(F)(F)F. The Labute approximate surface area is 236 Å². The van der Waals surface area contributed by atoms with E-state index in [1.165, 1.54) is 41.2 Å². The van der Waals surface area contributed by atoms with Crippen LogP contribution in [0, 0.1) is 5.41 Å². The van der Waals surface area contributed by atoms with E-state index in [9.17, 15) is 35.9 Å². The number of aromatic nitrogens is 2. The first-order valence-electron chi connectivity index (χ1n) is 12.5. The Morgan fingerprint density at radius 2 is 1.60 bits per heavy atom. The number of amides is 2. The summed E-state index contributed by atoms with van der Waals surface area (Å²) in [5.41, 5.74) is -2.88. The molecule has 222 valence electrons. The van der Waals surface area contributed by atoms with Crippen molar-refractivity contribution in [1.82, 2.24) is 15.1 Å². The fraction of sp³-hybridized carbons (Fsp3) is 0.276. The van der Waals surface area contributed by atoms with E-state index in [0.29, 0.717) is 5.52 Å². The van der Waals surface area contributed by atoms with Gasteiger partial charge in [-0.1, -0.05) is 32.9 Å². The maximum absolute atomic E-state index is 13.8. The summed E-state index contributed by atoms with van der Waals surface area (Å²) in [6, 6.07) is 10.8. The van der Waals surface area contributed by atoms with Gasteiger partial charge in [0.1, 0.15) is 5.75 Å². The zero-order valence-corrected chi connectivity index (χ0v) is 22.9. The first kappa shape index (κ1) is 30.4. The van der Waals surface area contributed by atoms with Gasteiger partial charge < -0.3 is 15.4 Å². The van der Waals surface area contributed by atoms with Gasteiger partial charge in [-0.2, -0.15) is 31.4 Å². The maximum atomic E-state index is 13.8. The van der Waals surface area contributed by atoms with Crippen LogP contribution in [0.2, 0.25) is 0 Å². The maximum Gasteiger partial charge on any atom is 0.420 e. The molecule has 2 N–H and O–H groups in total. The van der Waals surface area contributed by atoms with E-state index in [1.54, 1.807) is 20.8 Å². The number of fused-ring (bicyclic) bond motifs is 1. The predicted octanol–water partition coefficient (Wildman–Crippen LogP) is 6.99. The van der Waals surface area contributed by atoms with Crippen molar-refractivity contribution in [2.45, 2.75) is 39.7 Å². The Kier molecular flexibility index (Phi) is 7.98. The summed E-state index contributed by atoms with van der Waals surface area (Å²) < 4.78 is 88.2. The molecule has 0 saturated heterocycles. The molecule has 13 heteroatoms. The number of carbonyl (C=O) groups is 2. The molecule has 0 unspecified atom stereocenters. The van der Waals surface area contributed by atoms with Crippen molar-refractivity contribution >= 4 is 28.4 Å². The van der Waals surface area contributed by atoms with Gasteiger partial charge in [0.05, 0.1) is 46.9 Å². The highest BCUT2D eigenvalue weighted by molar-refractivity contribution is 6.09. The summed E-state index contributed by atoms with van der Waals surface area (Å²) >= 11 is 0. The van der Waals surface area contributed by atoms with E-state index in [-0.39, 0.29) is 40.5 Å². The van der Waals surface area contributed by atoms with Crippen molar-refractivity contribution in [1.29, 1.82) is 0 Å². The Bertz CT molecular complexity index is 1650. The zero-order valence-electron chi connectivity index (χ0n) is 22.9. The number of alkyl halides is 6. The number of nitrogens with one attached hydrogen (secondary N) is 2. The molecule has 4 aromatic rings. The molecule has 0 spiro atoms. The minimum absolute atomic E-state index is 0.0472. The normalized spacial score (nSPS) is 12.3. The third-order valence-corrected chi connectivity index (χ3v) is 6.36. The number of ether oxygens (including phenoxy) is 1. The second-order valence-electron chi connectivity index (χ2n) is 10.4. The van der Waals surface area contributed by atoms with Crippen LogP contribution in [0.4, 0.5) is 32.0 Å². The van der Waals surface area contributed by atoms with Gasteiger partial charge in [-0.05, 0) is 48.0 Å². The molecule has 0 bridgehead atoms. The van der Waals surface area contributed by atoms with Gasteiger partial charge in [0, 0.05) is 17.3 Å². The lowest BCUT2D eigenvalue weighted by atomic mass is 9.95. The molecule has 42 heavy (non-hydrogen) atoms. The van der Waals surface area contributed by atoms with Crippen molar-refractivity contribution in [3.8, 4) is 11.4 Å². The molecular weight excluding hydrogens is 566 g/mol. The number of nitrogens with zero attached hydrogens (tertiary/aromatic N) is 2. The highest BCUT2D eigenvalue weighted by atomic mass is 19.4. The standard InChI is InChI=1S/C29H26F6N4O3/c1-27(2,3)26(41)36-14-16-8-10-20(28(30,31)32)18(12-16)25(40)38-22-6-5-7-23-19(22)15-37-39(23)17-9-11-24(42-4)21(13-17)29(33,34)35/h5-13,15H,14H2,1-4H3,(H,36,41)(H,38,40). The summed E-state index contributed by atoms with van der Waals surface area (Å²) in [7, 11) is 1.12. The van der Waals surface area contributed by atoms with E-state index in [4.69, 9.17) is 4.74 Å². The van der Waals surface area contributed by atoms with Crippen LogP contribution >= 0.6 is 0 Å². The smallest absolute Gasteiger partial charge is 0.420 e. The molecule has 0 fully saturated rings. The fourth-order valence-corrected chi connectivity index (χ4v) is 4.19. The minimum Gasteiger partial charge on any atom is -0.496 e. The van der Waals surface area contributed by atoms with E-state index < -0.39 is 40.4 Å². The largest absolute Gasteiger partial charge is 0.496 e. The number of methoxy groups -OCH3 is 1. The number of rotatable bonds is 6. The average molecular weight is 593 g/mol. The van der Waals surface area contributed by atoms with Crippen LogP contribution in [0.1, 0.15) is 47.8 Å². The van der Waals surface area contributed by atoms with Crippen molar-refractivity contribution in [2.24, 2.45) is 5.41 Å². The molecule has 7 nitrogen and oxygen atoms in total. The number of benzene rings is 3. The number of anilines is 1. The van der Waals surface area contributed by atoms with Crippen molar-refractivity contribution < 1.29 is 40.7 Å². The van der Waals surface area contributed by atoms with Gasteiger partial charge in [0.15, 0.2) is 0 Å². The summed E-state index contributed by atoms with van der Waals surface area (Å²) in [4.78, 5) is 25.4. The summed E-state index contributed by atoms with van der Waals surface area (Å²) in [5.74, 6) is -1.77. The van der Waals surface area contributed by atoms with Crippen LogP contribution < -0.4 is 15.4 Å².